The minimum atomic E-state index is -4.44. The fourth-order valence-electron chi connectivity index (χ4n) is 1.44. The Morgan fingerprint density at radius 3 is 2.56 bits per heavy atom. The van der Waals surface area contributed by atoms with E-state index in [1.807, 2.05) is 0 Å². The van der Waals surface area contributed by atoms with Crippen molar-refractivity contribution < 1.29 is 18.0 Å². The number of alkyl halides is 3. The average molecular weight is 261 g/mol. The molecule has 0 atom stereocenters. The van der Waals surface area contributed by atoms with Gasteiger partial charge in [0.1, 0.15) is 6.54 Å². The molecule has 0 bridgehead atoms. The van der Waals surface area contributed by atoms with Crippen LogP contribution in [0.2, 0.25) is 0 Å². The molecule has 0 aliphatic carbocycles. The first kappa shape index (κ1) is 14.3. The van der Waals surface area contributed by atoms with Crippen LogP contribution in [0.3, 0.4) is 0 Å². The van der Waals surface area contributed by atoms with Crippen molar-refractivity contribution in [1.29, 1.82) is 0 Å². The molecule has 100 valence electrons. The lowest BCUT2D eigenvalue weighted by molar-refractivity contribution is -0.143. The van der Waals surface area contributed by atoms with E-state index < -0.39 is 24.7 Å². The van der Waals surface area contributed by atoms with Crippen LogP contribution in [0.25, 0.3) is 0 Å². The highest BCUT2D eigenvalue weighted by atomic mass is 19.4. The van der Waals surface area contributed by atoms with Gasteiger partial charge >= 0.3 is 6.18 Å². The van der Waals surface area contributed by atoms with E-state index in [-0.39, 0.29) is 11.3 Å². The van der Waals surface area contributed by atoms with Crippen LogP contribution in [0.4, 0.5) is 18.9 Å². The Morgan fingerprint density at radius 2 is 2.11 bits per heavy atom. The summed E-state index contributed by atoms with van der Waals surface area (Å²) in [7, 11) is 0. The zero-order chi connectivity index (χ0) is 13.9. The third-order valence-corrected chi connectivity index (χ3v) is 2.32. The molecule has 0 unspecified atom stereocenters. The van der Waals surface area contributed by atoms with E-state index in [4.69, 9.17) is 5.73 Å². The molecule has 0 aliphatic rings. The number of nitrogens with two attached hydrogens (primary N) is 1. The number of pyridine rings is 1. The molecule has 0 saturated heterocycles. The zero-order valence-electron chi connectivity index (χ0n) is 10.0. The van der Waals surface area contributed by atoms with Gasteiger partial charge in [0.2, 0.25) is 0 Å². The molecule has 1 aromatic heterocycles. The summed E-state index contributed by atoms with van der Waals surface area (Å²) in [5.41, 5.74) is 5.63. The third kappa shape index (κ3) is 3.61. The number of rotatable bonds is 3. The summed E-state index contributed by atoms with van der Waals surface area (Å²) in [6, 6.07) is 0.732. The van der Waals surface area contributed by atoms with Gasteiger partial charge in [-0.15, -0.1) is 0 Å². The Morgan fingerprint density at radius 1 is 1.50 bits per heavy atom. The molecule has 1 aromatic rings. The molecule has 1 rings (SSSR count). The molecule has 0 spiro atoms. The smallest absolute Gasteiger partial charge is 0.397 e. The van der Waals surface area contributed by atoms with E-state index >= 15 is 0 Å². The molecule has 0 aromatic carbocycles. The van der Waals surface area contributed by atoms with Gasteiger partial charge < -0.3 is 10.6 Å². The molecule has 0 fully saturated rings. The number of carbonyl (C=O) groups excluding carboxylic acids is 1. The highest BCUT2D eigenvalue weighted by Crippen LogP contribution is 2.21. The minimum absolute atomic E-state index is 0.0305. The van der Waals surface area contributed by atoms with Crippen molar-refractivity contribution in [1.82, 2.24) is 9.88 Å². The van der Waals surface area contributed by atoms with E-state index in [1.54, 1.807) is 0 Å². The fourth-order valence-corrected chi connectivity index (χ4v) is 1.44. The second-order valence-electron chi connectivity index (χ2n) is 4.10. The number of amides is 1. The van der Waals surface area contributed by atoms with Crippen LogP contribution in [-0.4, -0.2) is 34.6 Å². The van der Waals surface area contributed by atoms with Crippen molar-refractivity contribution in [2.75, 3.05) is 12.3 Å². The highest BCUT2D eigenvalue weighted by Gasteiger charge is 2.34. The van der Waals surface area contributed by atoms with Crippen LogP contribution >= 0.6 is 0 Å². The summed E-state index contributed by atoms with van der Waals surface area (Å²) >= 11 is 0. The topological polar surface area (TPSA) is 59.2 Å². The van der Waals surface area contributed by atoms with Crippen molar-refractivity contribution in [2.24, 2.45) is 0 Å². The van der Waals surface area contributed by atoms with Crippen molar-refractivity contribution in [2.45, 2.75) is 26.1 Å². The molecule has 0 aliphatic heterocycles. The van der Waals surface area contributed by atoms with Gasteiger partial charge in [-0.2, -0.15) is 13.2 Å². The van der Waals surface area contributed by atoms with Crippen LogP contribution in [0.5, 0.6) is 0 Å². The summed E-state index contributed by atoms with van der Waals surface area (Å²) in [5.74, 6) is -0.748. The van der Waals surface area contributed by atoms with Crippen molar-refractivity contribution in [3.8, 4) is 0 Å². The van der Waals surface area contributed by atoms with Crippen LogP contribution < -0.4 is 5.73 Å². The lowest BCUT2D eigenvalue weighted by Gasteiger charge is -2.28. The van der Waals surface area contributed by atoms with Gasteiger partial charge in [0, 0.05) is 12.2 Å². The predicted octanol–water partition coefficient (Wildman–Crippen LogP) is 2.08. The van der Waals surface area contributed by atoms with E-state index in [2.05, 4.69) is 4.98 Å². The SMILES string of the molecule is CC(C)N(CC(F)(F)F)C(=O)c1ccncc1N. The molecule has 2 N–H and O–H groups in total. The molecule has 18 heavy (non-hydrogen) atoms. The van der Waals surface area contributed by atoms with E-state index in [9.17, 15) is 18.0 Å². The number of halogens is 3. The molecule has 1 heterocycles. The number of anilines is 1. The fraction of sp³-hybridized carbons (Fsp3) is 0.455. The highest BCUT2D eigenvalue weighted by molar-refractivity contribution is 5.99. The first-order valence-electron chi connectivity index (χ1n) is 5.29. The standard InChI is InChI=1S/C11H14F3N3O/c1-7(2)17(6-11(12,13)14)10(18)8-3-4-16-5-9(8)15/h3-5,7H,6,15H2,1-2H3. The maximum atomic E-state index is 12.4. The summed E-state index contributed by atoms with van der Waals surface area (Å²) in [5, 5.41) is 0. The number of nitrogens with zero attached hydrogens (tertiary/aromatic N) is 2. The third-order valence-electron chi connectivity index (χ3n) is 2.32. The summed E-state index contributed by atoms with van der Waals surface area (Å²) < 4.78 is 37.2. The maximum absolute atomic E-state index is 12.4. The van der Waals surface area contributed by atoms with Crippen molar-refractivity contribution >= 4 is 11.6 Å². The predicted molar refractivity (Wildman–Crippen MR) is 60.9 cm³/mol. The molecular formula is C11H14F3N3O. The number of carbonyl (C=O) groups is 1. The molecular weight excluding hydrogens is 247 g/mol. The van der Waals surface area contributed by atoms with Gasteiger partial charge in [0.25, 0.3) is 5.91 Å². The first-order valence-corrected chi connectivity index (χ1v) is 5.29. The number of aromatic nitrogens is 1. The first-order chi connectivity index (χ1) is 8.22. The lowest BCUT2D eigenvalue weighted by Crippen LogP contribution is -2.43. The van der Waals surface area contributed by atoms with Crippen LogP contribution in [0.15, 0.2) is 18.5 Å². The molecule has 0 radical (unpaired) electrons. The van der Waals surface area contributed by atoms with Gasteiger partial charge in [-0.1, -0.05) is 0 Å². The van der Waals surface area contributed by atoms with Gasteiger partial charge in [0.15, 0.2) is 0 Å². The normalized spacial score (nSPS) is 11.7. The van der Waals surface area contributed by atoms with Crippen molar-refractivity contribution in [3.05, 3.63) is 24.0 Å². The molecule has 4 nitrogen and oxygen atoms in total. The monoisotopic (exact) mass is 261 g/mol. The quantitative estimate of drug-likeness (QED) is 0.906. The second-order valence-corrected chi connectivity index (χ2v) is 4.10. The van der Waals surface area contributed by atoms with Gasteiger partial charge in [-0.3, -0.25) is 9.78 Å². The number of nitrogen functional groups attached to an aromatic ring is 1. The van der Waals surface area contributed by atoms with E-state index in [0.29, 0.717) is 0 Å². The Balaban J connectivity index is 3.01. The number of hydrogen-bond acceptors (Lipinski definition) is 3. The summed E-state index contributed by atoms with van der Waals surface area (Å²) in [6.45, 7) is 1.73. The van der Waals surface area contributed by atoms with Gasteiger partial charge in [0.05, 0.1) is 17.4 Å². The van der Waals surface area contributed by atoms with Gasteiger partial charge in [-0.05, 0) is 19.9 Å². The van der Waals surface area contributed by atoms with Crippen LogP contribution in [0.1, 0.15) is 24.2 Å². The number of hydrogen-bond donors (Lipinski definition) is 1. The molecule has 1 amide bonds. The summed E-state index contributed by atoms with van der Waals surface area (Å²) in [4.78, 5) is 16.4. The molecule has 7 heteroatoms. The zero-order valence-corrected chi connectivity index (χ0v) is 10.0. The molecule has 0 saturated carbocycles. The minimum Gasteiger partial charge on any atom is -0.397 e. The Labute approximate surface area is 103 Å². The van der Waals surface area contributed by atoms with Gasteiger partial charge in [-0.25, -0.2) is 0 Å². The Hall–Kier alpha value is -1.79. The maximum Gasteiger partial charge on any atom is 0.406 e. The Bertz CT molecular complexity index is 432. The Kier molecular flexibility index (Phi) is 4.15. The van der Waals surface area contributed by atoms with E-state index in [0.717, 1.165) is 4.90 Å². The largest absolute Gasteiger partial charge is 0.406 e. The second kappa shape index (κ2) is 5.24. The van der Waals surface area contributed by atoms with E-state index in [1.165, 1.54) is 32.3 Å². The van der Waals surface area contributed by atoms with Crippen molar-refractivity contribution in [3.63, 3.8) is 0 Å². The van der Waals surface area contributed by atoms with Crippen LogP contribution in [-0.2, 0) is 0 Å². The summed E-state index contributed by atoms with van der Waals surface area (Å²) in [6.07, 6.45) is -1.89. The van der Waals surface area contributed by atoms with Crippen LogP contribution in [0, 0.1) is 0 Å². The lowest BCUT2D eigenvalue weighted by atomic mass is 10.1. The average Bonchev–Trinajstić information content (AvgIpc) is 2.24.